The molecular formula is C18H24N2O5. The SMILES string of the molecule is COc1ccc(OC)c(N2C[C@H](C(=O)N3CCO[C@H](C)C3)CC2=O)c1. The molecule has 2 fully saturated rings. The summed E-state index contributed by atoms with van der Waals surface area (Å²) in [6.45, 7) is 4.00. The van der Waals surface area contributed by atoms with Gasteiger partial charge in [0.2, 0.25) is 11.8 Å². The lowest BCUT2D eigenvalue weighted by Gasteiger charge is -2.32. The Balaban J connectivity index is 1.77. The van der Waals surface area contributed by atoms with Crippen LogP contribution in [0.5, 0.6) is 11.5 Å². The van der Waals surface area contributed by atoms with Crippen LogP contribution in [-0.2, 0) is 14.3 Å². The molecule has 0 aromatic heterocycles. The number of methoxy groups -OCH3 is 2. The molecule has 2 saturated heterocycles. The van der Waals surface area contributed by atoms with Crippen molar-refractivity contribution < 1.29 is 23.8 Å². The van der Waals surface area contributed by atoms with Crippen LogP contribution in [-0.4, -0.2) is 63.3 Å². The van der Waals surface area contributed by atoms with E-state index in [0.717, 1.165) is 0 Å². The summed E-state index contributed by atoms with van der Waals surface area (Å²) in [6, 6.07) is 5.31. The molecule has 2 aliphatic heterocycles. The molecule has 0 unspecified atom stereocenters. The predicted molar refractivity (Wildman–Crippen MR) is 92.0 cm³/mol. The third kappa shape index (κ3) is 3.56. The average Bonchev–Trinajstić information content (AvgIpc) is 3.02. The van der Waals surface area contributed by atoms with Gasteiger partial charge in [-0.2, -0.15) is 0 Å². The number of ether oxygens (including phenoxy) is 3. The minimum atomic E-state index is -0.339. The topological polar surface area (TPSA) is 68.3 Å². The Bertz CT molecular complexity index is 663. The van der Waals surface area contributed by atoms with Crippen LogP contribution in [0.3, 0.4) is 0 Å². The second kappa shape index (κ2) is 7.31. The van der Waals surface area contributed by atoms with E-state index < -0.39 is 0 Å². The van der Waals surface area contributed by atoms with Crippen molar-refractivity contribution in [3.63, 3.8) is 0 Å². The number of carbonyl (C=O) groups is 2. The van der Waals surface area contributed by atoms with Gasteiger partial charge in [-0.1, -0.05) is 0 Å². The van der Waals surface area contributed by atoms with Gasteiger partial charge in [0.05, 0.1) is 38.5 Å². The second-order valence-electron chi connectivity index (χ2n) is 6.41. The molecule has 7 nitrogen and oxygen atoms in total. The summed E-state index contributed by atoms with van der Waals surface area (Å²) in [7, 11) is 3.13. The molecule has 2 atom stereocenters. The van der Waals surface area contributed by atoms with Crippen LogP contribution in [0.25, 0.3) is 0 Å². The number of nitrogens with zero attached hydrogens (tertiary/aromatic N) is 2. The average molecular weight is 348 g/mol. The van der Waals surface area contributed by atoms with E-state index in [4.69, 9.17) is 14.2 Å². The Morgan fingerprint density at radius 1 is 1.24 bits per heavy atom. The molecule has 0 N–H and O–H groups in total. The number of carbonyl (C=O) groups excluding carboxylic acids is 2. The summed E-state index contributed by atoms with van der Waals surface area (Å²) >= 11 is 0. The van der Waals surface area contributed by atoms with Crippen molar-refractivity contribution in [3.8, 4) is 11.5 Å². The molecule has 1 aromatic carbocycles. The number of amides is 2. The number of hydrogen-bond acceptors (Lipinski definition) is 5. The molecule has 2 amide bonds. The first-order valence-corrected chi connectivity index (χ1v) is 8.46. The van der Waals surface area contributed by atoms with Crippen molar-refractivity contribution in [3.05, 3.63) is 18.2 Å². The van der Waals surface area contributed by atoms with Gasteiger partial charge in [0.1, 0.15) is 11.5 Å². The monoisotopic (exact) mass is 348 g/mol. The van der Waals surface area contributed by atoms with Gasteiger partial charge >= 0.3 is 0 Å². The molecule has 2 heterocycles. The van der Waals surface area contributed by atoms with Gasteiger partial charge in [-0.25, -0.2) is 0 Å². The molecule has 136 valence electrons. The Morgan fingerprint density at radius 3 is 2.72 bits per heavy atom. The minimum Gasteiger partial charge on any atom is -0.497 e. The number of morpholine rings is 1. The van der Waals surface area contributed by atoms with Crippen molar-refractivity contribution >= 4 is 17.5 Å². The number of hydrogen-bond donors (Lipinski definition) is 0. The quantitative estimate of drug-likeness (QED) is 0.820. The fraction of sp³-hybridized carbons (Fsp3) is 0.556. The zero-order chi connectivity index (χ0) is 18.0. The van der Waals surface area contributed by atoms with E-state index in [0.29, 0.717) is 43.4 Å². The van der Waals surface area contributed by atoms with E-state index in [1.54, 1.807) is 42.2 Å². The van der Waals surface area contributed by atoms with Crippen molar-refractivity contribution in [2.45, 2.75) is 19.4 Å². The summed E-state index contributed by atoms with van der Waals surface area (Å²) in [4.78, 5) is 28.7. The molecule has 0 spiro atoms. The summed E-state index contributed by atoms with van der Waals surface area (Å²) in [6.07, 6.45) is 0.245. The molecule has 3 rings (SSSR count). The number of anilines is 1. The van der Waals surface area contributed by atoms with Gasteiger partial charge in [0.25, 0.3) is 0 Å². The molecule has 0 saturated carbocycles. The number of benzene rings is 1. The lowest BCUT2D eigenvalue weighted by atomic mass is 10.1. The third-order valence-electron chi connectivity index (χ3n) is 4.70. The smallest absolute Gasteiger partial charge is 0.228 e. The highest BCUT2D eigenvalue weighted by atomic mass is 16.5. The molecule has 0 aliphatic carbocycles. The fourth-order valence-electron chi connectivity index (χ4n) is 3.39. The van der Waals surface area contributed by atoms with Crippen LogP contribution in [0.1, 0.15) is 13.3 Å². The molecule has 25 heavy (non-hydrogen) atoms. The van der Waals surface area contributed by atoms with Gasteiger partial charge < -0.3 is 24.0 Å². The molecular weight excluding hydrogens is 324 g/mol. The second-order valence-corrected chi connectivity index (χ2v) is 6.41. The zero-order valence-electron chi connectivity index (χ0n) is 14.9. The van der Waals surface area contributed by atoms with Crippen molar-refractivity contribution in [2.24, 2.45) is 5.92 Å². The van der Waals surface area contributed by atoms with E-state index in [1.165, 1.54) is 0 Å². The highest BCUT2D eigenvalue weighted by Crippen LogP contribution is 2.36. The molecule has 0 radical (unpaired) electrons. The van der Waals surface area contributed by atoms with Crippen LogP contribution >= 0.6 is 0 Å². The Morgan fingerprint density at radius 2 is 2.04 bits per heavy atom. The number of rotatable bonds is 4. The predicted octanol–water partition coefficient (Wildman–Crippen LogP) is 1.30. The van der Waals surface area contributed by atoms with Gasteiger partial charge in [-0.05, 0) is 19.1 Å². The first kappa shape index (κ1) is 17.5. The normalized spacial score (nSPS) is 23.7. The Labute approximate surface area is 147 Å². The standard InChI is InChI=1S/C18H24N2O5/c1-12-10-19(6-7-25-12)18(22)13-8-17(21)20(11-13)15-9-14(23-2)4-5-16(15)24-3/h4-5,9,12-13H,6-8,10-11H2,1-3H3/t12-,13-/m1/s1. The first-order valence-electron chi connectivity index (χ1n) is 8.46. The highest BCUT2D eigenvalue weighted by Gasteiger charge is 2.39. The van der Waals surface area contributed by atoms with E-state index in [-0.39, 0.29) is 30.3 Å². The van der Waals surface area contributed by atoms with E-state index >= 15 is 0 Å². The maximum absolute atomic E-state index is 12.8. The van der Waals surface area contributed by atoms with Crippen molar-refractivity contribution in [1.29, 1.82) is 0 Å². The summed E-state index contributed by atoms with van der Waals surface area (Å²) in [5, 5.41) is 0. The first-order chi connectivity index (χ1) is 12.0. The largest absolute Gasteiger partial charge is 0.497 e. The van der Waals surface area contributed by atoms with Crippen LogP contribution in [0.2, 0.25) is 0 Å². The lowest BCUT2D eigenvalue weighted by Crippen LogP contribution is -2.47. The summed E-state index contributed by atoms with van der Waals surface area (Å²) < 4.78 is 16.1. The fourth-order valence-corrected chi connectivity index (χ4v) is 3.39. The van der Waals surface area contributed by atoms with E-state index in [1.807, 2.05) is 6.92 Å². The van der Waals surface area contributed by atoms with Gasteiger partial charge in [-0.3, -0.25) is 9.59 Å². The maximum atomic E-state index is 12.8. The van der Waals surface area contributed by atoms with Crippen LogP contribution in [0.4, 0.5) is 5.69 Å². The Kier molecular flexibility index (Phi) is 5.13. The van der Waals surface area contributed by atoms with Crippen LogP contribution in [0, 0.1) is 5.92 Å². The van der Waals surface area contributed by atoms with Crippen LogP contribution in [0.15, 0.2) is 18.2 Å². The van der Waals surface area contributed by atoms with Gasteiger partial charge in [0, 0.05) is 32.1 Å². The third-order valence-corrected chi connectivity index (χ3v) is 4.70. The zero-order valence-corrected chi connectivity index (χ0v) is 14.9. The minimum absolute atomic E-state index is 0.0212. The summed E-state index contributed by atoms with van der Waals surface area (Å²) in [5.74, 6) is 0.829. The molecule has 7 heteroatoms. The van der Waals surface area contributed by atoms with Crippen LogP contribution < -0.4 is 14.4 Å². The van der Waals surface area contributed by atoms with Crippen molar-refractivity contribution in [2.75, 3.05) is 45.4 Å². The Hall–Kier alpha value is -2.28. The molecule has 0 bridgehead atoms. The summed E-state index contributed by atoms with van der Waals surface area (Å²) in [5.41, 5.74) is 0.637. The highest BCUT2D eigenvalue weighted by molar-refractivity contribution is 6.01. The van der Waals surface area contributed by atoms with Crippen molar-refractivity contribution in [1.82, 2.24) is 4.90 Å². The lowest BCUT2D eigenvalue weighted by molar-refractivity contribution is -0.142. The van der Waals surface area contributed by atoms with Gasteiger partial charge in [-0.15, -0.1) is 0 Å². The van der Waals surface area contributed by atoms with E-state index in [9.17, 15) is 9.59 Å². The molecule has 2 aliphatic rings. The van der Waals surface area contributed by atoms with E-state index in [2.05, 4.69) is 0 Å². The maximum Gasteiger partial charge on any atom is 0.228 e. The molecule has 1 aromatic rings. The van der Waals surface area contributed by atoms with Gasteiger partial charge in [0.15, 0.2) is 0 Å².